The van der Waals surface area contributed by atoms with Crippen molar-refractivity contribution in [3.63, 3.8) is 0 Å². The Kier molecular flexibility index (Phi) is 2.12. The topological polar surface area (TPSA) is 20.2 Å². The fourth-order valence-electron chi connectivity index (χ4n) is 1.93. The van der Waals surface area contributed by atoms with Gasteiger partial charge in [0.25, 0.3) is 0 Å². The maximum Gasteiger partial charge on any atom is 0.0461 e. The van der Waals surface area contributed by atoms with E-state index in [9.17, 15) is 0 Å². The molecule has 1 nitrogen and oxygen atoms in total. The van der Waals surface area contributed by atoms with E-state index in [1.807, 2.05) is 0 Å². The predicted octanol–water partition coefficient (Wildman–Crippen LogP) is 1.66. The summed E-state index contributed by atoms with van der Waals surface area (Å²) in [6, 6.07) is 0. The van der Waals surface area contributed by atoms with E-state index in [1.165, 1.54) is 12.8 Å². The number of hydrogen-bond donors (Lipinski definition) is 1. The summed E-state index contributed by atoms with van der Waals surface area (Å²) in [4.78, 5) is 0. The fraction of sp³-hybridized carbons (Fsp3) is 1.00. The summed E-state index contributed by atoms with van der Waals surface area (Å²) in [7, 11) is 0. The lowest BCUT2D eigenvalue weighted by Crippen LogP contribution is -2.07. The Bertz CT molecular complexity index is 90.6. The summed E-state index contributed by atoms with van der Waals surface area (Å²) >= 11 is 0. The number of aliphatic hydroxyl groups excluding tert-OH is 1. The molecule has 3 unspecified atom stereocenters. The van der Waals surface area contributed by atoms with Crippen LogP contribution in [0.3, 0.4) is 0 Å². The minimum Gasteiger partial charge on any atom is -0.396 e. The van der Waals surface area contributed by atoms with E-state index in [-0.39, 0.29) is 0 Å². The second-order valence-corrected chi connectivity index (χ2v) is 3.50. The molecule has 0 aromatic heterocycles. The van der Waals surface area contributed by atoms with E-state index in [4.69, 9.17) is 5.11 Å². The standard InChI is InChI=1S/C8H16O/c1-6-3-7(2)8(4-6)5-9/h6-9H,3-5H2,1-2H3. The first-order valence-electron chi connectivity index (χ1n) is 3.85. The minimum atomic E-state index is 0.394. The molecule has 3 atom stereocenters. The van der Waals surface area contributed by atoms with Crippen molar-refractivity contribution in [3.8, 4) is 0 Å². The van der Waals surface area contributed by atoms with Gasteiger partial charge in [0.15, 0.2) is 0 Å². The lowest BCUT2D eigenvalue weighted by atomic mass is 10.00. The summed E-state index contributed by atoms with van der Waals surface area (Å²) in [5.41, 5.74) is 0. The molecule has 0 aliphatic heterocycles. The van der Waals surface area contributed by atoms with E-state index >= 15 is 0 Å². The first-order chi connectivity index (χ1) is 4.24. The molecule has 1 N–H and O–H groups in total. The van der Waals surface area contributed by atoms with E-state index in [1.54, 1.807) is 0 Å². The van der Waals surface area contributed by atoms with Crippen LogP contribution in [0.15, 0.2) is 0 Å². The second kappa shape index (κ2) is 2.70. The first-order valence-corrected chi connectivity index (χ1v) is 3.85. The Morgan fingerprint density at radius 2 is 2.00 bits per heavy atom. The van der Waals surface area contributed by atoms with Crippen LogP contribution in [0.4, 0.5) is 0 Å². The Hall–Kier alpha value is -0.0400. The molecular weight excluding hydrogens is 112 g/mol. The van der Waals surface area contributed by atoms with E-state index < -0.39 is 0 Å². The van der Waals surface area contributed by atoms with Crippen LogP contribution >= 0.6 is 0 Å². The van der Waals surface area contributed by atoms with Gasteiger partial charge in [-0.05, 0) is 30.6 Å². The van der Waals surface area contributed by atoms with Crippen LogP contribution in [-0.4, -0.2) is 11.7 Å². The van der Waals surface area contributed by atoms with Gasteiger partial charge in [-0.15, -0.1) is 0 Å². The molecule has 0 saturated heterocycles. The predicted molar refractivity (Wildman–Crippen MR) is 38.1 cm³/mol. The van der Waals surface area contributed by atoms with E-state index in [2.05, 4.69) is 13.8 Å². The molecule has 0 spiro atoms. The average molecular weight is 128 g/mol. The third kappa shape index (κ3) is 1.45. The third-order valence-corrected chi connectivity index (χ3v) is 2.52. The normalized spacial score (nSPS) is 43.7. The number of aliphatic hydroxyl groups is 1. The van der Waals surface area contributed by atoms with Gasteiger partial charge in [-0.1, -0.05) is 13.8 Å². The molecule has 1 rings (SSSR count). The zero-order chi connectivity index (χ0) is 6.85. The Morgan fingerprint density at radius 3 is 2.22 bits per heavy atom. The van der Waals surface area contributed by atoms with Crippen molar-refractivity contribution in [2.45, 2.75) is 26.7 Å². The molecule has 0 amide bonds. The molecule has 0 radical (unpaired) electrons. The van der Waals surface area contributed by atoms with Crippen LogP contribution < -0.4 is 0 Å². The first kappa shape index (κ1) is 7.07. The number of rotatable bonds is 1. The molecule has 1 aliphatic rings. The highest BCUT2D eigenvalue weighted by Crippen LogP contribution is 2.34. The van der Waals surface area contributed by atoms with Crippen molar-refractivity contribution in [2.24, 2.45) is 17.8 Å². The van der Waals surface area contributed by atoms with Gasteiger partial charge >= 0.3 is 0 Å². The van der Waals surface area contributed by atoms with Crippen molar-refractivity contribution < 1.29 is 5.11 Å². The van der Waals surface area contributed by atoms with Gasteiger partial charge < -0.3 is 5.11 Å². The highest BCUT2D eigenvalue weighted by Gasteiger charge is 2.27. The van der Waals surface area contributed by atoms with Crippen molar-refractivity contribution >= 4 is 0 Å². The van der Waals surface area contributed by atoms with E-state index in [0.717, 1.165) is 11.8 Å². The average Bonchev–Trinajstić information content (AvgIpc) is 2.10. The third-order valence-electron chi connectivity index (χ3n) is 2.52. The Balaban J connectivity index is 2.38. The summed E-state index contributed by atoms with van der Waals surface area (Å²) in [6.07, 6.45) is 2.54. The minimum absolute atomic E-state index is 0.394. The van der Waals surface area contributed by atoms with Crippen LogP contribution in [0.1, 0.15) is 26.7 Å². The van der Waals surface area contributed by atoms with Crippen molar-refractivity contribution in [1.82, 2.24) is 0 Å². The van der Waals surface area contributed by atoms with Crippen molar-refractivity contribution in [3.05, 3.63) is 0 Å². The summed E-state index contributed by atoms with van der Waals surface area (Å²) in [6.45, 7) is 4.90. The van der Waals surface area contributed by atoms with Gasteiger partial charge in [0.2, 0.25) is 0 Å². The van der Waals surface area contributed by atoms with Crippen LogP contribution in [0.2, 0.25) is 0 Å². The van der Waals surface area contributed by atoms with Crippen LogP contribution in [0.25, 0.3) is 0 Å². The van der Waals surface area contributed by atoms with Crippen LogP contribution in [0, 0.1) is 17.8 Å². The molecule has 0 heterocycles. The Labute approximate surface area is 57.1 Å². The van der Waals surface area contributed by atoms with Gasteiger partial charge in [0.1, 0.15) is 0 Å². The molecule has 54 valence electrons. The quantitative estimate of drug-likeness (QED) is 0.569. The van der Waals surface area contributed by atoms with Gasteiger partial charge in [-0.3, -0.25) is 0 Å². The molecule has 0 aromatic rings. The summed E-state index contributed by atoms with van der Waals surface area (Å²) < 4.78 is 0. The molecule has 1 fully saturated rings. The molecule has 1 aliphatic carbocycles. The maximum atomic E-state index is 8.85. The Morgan fingerprint density at radius 1 is 1.33 bits per heavy atom. The van der Waals surface area contributed by atoms with Gasteiger partial charge in [-0.25, -0.2) is 0 Å². The van der Waals surface area contributed by atoms with Gasteiger partial charge in [0, 0.05) is 6.61 Å². The largest absolute Gasteiger partial charge is 0.396 e. The smallest absolute Gasteiger partial charge is 0.0461 e. The second-order valence-electron chi connectivity index (χ2n) is 3.50. The highest BCUT2D eigenvalue weighted by atomic mass is 16.3. The maximum absolute atomic E-state index is 8.85. The lowest BCUT2D eigenvalue weighted by molar-refractivity contribution is 0.200. The highest BCUT2D eigenvalue weighted by molar-refractivity contribution is 4.77. The molecule has 0 bridgehead atoms. The lowest BCUT2D eigenvalue weighted by Gasteiger charge is -2.09. The number of hydrogen-bond acceptors (Lipinski definition) is 1. The molecule has 1 heteroatoms. The summed E-state index contributed by atoms with van der Waals surface area (Å²) in [5, 5.41) is 8.85. The zero-order valence-corrected chi connectivity index (χ0v) is 6.30. The fourth-order valence-corrected chi connectivity index (χ4v) is 1.93. The molecule has 1 saturated carbocycles. The van der Waals surface area contributed by atoms with Gasteiger partial charge in [-0.2, -0.15) is 0 Å². The molecule has 0 aromatic carbocycles. The summed E-state index contributed by atoms with van der Waals surface area (Å²) in [5.74, 6) is 2.20. The SMILES string of the molecule is CC1CC(C)C(CO)C1. The van der Waals surface area contributed by atoms with Gasteiger partial charge in [0.05, 0.1) is 0 Å². The molecular formula is C8H16O. The van der Waals surface area contributed by atoms with Crippen LogP contribution in [0.5, 0.6) is 0 Å². The molecule has 9 heavy (non-hydrogen) atoms. The van der Waals surface area contributed by atoms with E-state index in [0.29, 0.717) is 12.5 Å². The zero-order valence-electron chi connectivity index (χ0n) is 6.30. The van der Waals surface area contributed by atoms with Crippen molar-refractivity contribution in [2.75, 3.05) is 6.61 Å². The van der Waals surface area contributed by atoms with Crippen LogP contribution in [-0.2, 0) is 0 Å². The monoisotopic (exact) mass is 128 g/mol. The van der Waals surface area contributed by atoms with Crippen molar-refractivity contribution in [1.29, 1.82) is 0 Å².